The number of nitrogens with one attached hydrogen (secondary N) is 1. The molecule has 4 nitrogen and oxygen atoms in total. The Hall–Kier alpha value is -2.47. The molecule has 0 radical (unpaired) electrons. The normalized spacial score (nSPS) is 16.2. The maximum Gasteiger partial charge on any atom is 0.251 e. The number of anilines is 2. The minimum Gasteiger partial charge on any atom is -0.348 e. The number of halogens is 1. The second-order valence-electron chi connectivity index (χ2n) is 8.53. The molecular weight excluding hydrogens is 450 g/mol. The Morgan fingerprint density at radius 3 is 2.52 bits per heavy atom. The van der Waals surface area contributed by atoms with Crippen molar-refractivity contribution in [1.29, 1.82) is 0 Å². The predicted octanol–water partition coefficient (Wildman–Crippen LogP) is 6.70. The van der Waals surface area contributed by atoms with Crippen LogP contribution < -0.4 is 10.2 Å². The van der Waals surface area contributed by atoms with Crippen molar-refractivity contribution in [3.8, 4) is 0 Å². The molecule has 5 rings (SSSR count). The lowest BCUT2D eigenvalue weighted by molar-refractivity contribution is 0.0951. The van der Waals surface area contributed by atoms with Gasteiger partial charge in [-0.05, 0) is 61.2 Å². The fourth-order valence-electron chi connectivity index (χ4n) is 4.81. The molecule has 3 aromatic carbocycles. The van der Waals surface area contributed by atoms with Gasteiger partial charge in [-0.2, -0.15) is 0 Å². The number of carbonyl (C=O) groups excluding carboxylic acids is 1. The largest absolute Gasteiger partial charge is 0.348 e. The first-order chi connectivity index (χ1) is 16.2. The van der Waals surface area contributed by atoms with Gasteiger partial charge in [-0.1, -0.05) is 60.6 Å². The van der Waals surface area contributed by atoms with Gasteiger partial charge in [0, 0.05) is 40.0 Å². The molecule has 1 N–H and O–H groups in total. The zero-order valence-corrected chi connectivity index (χ0v) is 20.3. The van der Waals surface area contributed by atoms with Gasteiger partial charge >= 0.3 is 0 Å². The van der Waals surface area contributed by atoms with Gasteiger partial charge in [-0.15, -0.1) is 0 Å². The van der Waals surface area contributed by atoms with E-state index in [1.807, 2.05) is 30.3 Å². The molecule has 0 saturated carbocycles. The number of carbonyl (C=O) groups is 1. The summed E-state index contributed by atoms with van der Waals surface area (Å²) < 4.78 is 0. The van der Waals surface area contributed by atoms with Gasteiger partial charge in [0.15, 0.2) is 0 Å². The van der Waals surface area contributed by atoms with Crippen LogP contribution in [0.3, 0.4) is 0 Å². The van der Waals surface area contributed by atoms with E-state index in [9.17, 15) is 4.79 Å². The highest BCUT2D eigenvalue weighted by Crippen LogP contribution is 2.50. The Kier molecular flexibility index (Phi) is 6.63. The van der Waals surface area contributed by atoms with E-state index in [-0.39, 0.29) is 12.1 Å². The number of hydrogen-bond acceptors (Lipinski definition) is 4. The number of fused-ring (bicyclic) bond motifs is 2. The molecule has 33 heavy (non-hydrogen) atoms. The van der Waals surface area contributed by atoms with Crippen LogP contribution in [0.1, 0.15) is 42.1 Å². The molecule has 1 unspecified atom stereocenters. The van der Waals surface area contributed by atoms with Crippen molar-refractivity contribution >= 4 is 40.6 Å². The number of nitrogens with zero attached hydrogens (tertiary/aromatic N) is 2. The number of hydrogen-bond donors (Lipinski definition) is 1. The van der Waals surface area contributed by atoms with Crippen LogP contribution in [-0.2, 0) is 6.54 Å². The summed E-state index contributed by atoms with van der Waals surface area (Å²) in [5.41, 5.74) is 3.92. The van der Waals surface area contributed by atoms with E-state index < -0.39 is 0 Å². The Balaban J connectivity index is 1.47. The third-order valence-corrected chi connectivity index (χ3v) is 7.95. The van der Waals surface area contributed by atoms with E-state index in [1.165, 1.54) is 28.3 Å². The number of amides is 1. The van der Waals surface area contributed by atoms with Crippen molar-refractivity contribution in [3.63, 3.8) is 0 Å². The average Bonchev–Trinajstić information content (AvgIpc) is 3.38. The lowest BCUT2D eigenvalue weighted by Crippen LogP contribution is -2.45. The Labute approximate surface area is 204 Å². The Morgan fingerprint density at radius 1 is 1.00 bits per heavy atom. The molecule has 2 aliphatic heterocycles. The standard InChI is InChI=1S/C27H28ClN3OS/c1-2-26(30-15-7-8-16-30)31-22-11-5-6-12-24(22)33-25-14-13-19(17-23(25)31)27(32)29-18-20-9-3-4-10-21(20)28/h3-6,9-14,17,26H,2,7-8,15-16,18H2,1H3,(H,29,32). The van der Waals surface area contributed by atoms with Crippen LogP contribution >= 0.6 is 23.4 Å². The minimum absolute atomic E-state index is 0.0873. The van der Waals surface area contributed by atoms with E-state index in [1.54, 1.807) is 11.8 Å². The highest BCUT2D eigenvalue weighted by atomic mass is 35.5. The summed E-state index contributed by atoms with van der Waals surface area (Å²) in [5.74, 6) is -0.0873. The summed E-state index contributed by atoms with van der Waals surface area (Å²) in [6.07, 6.45) is 3.78. The molecule has 0 aromatic heterocycles. The first kappa shape index (κ1) is 22.3. The first-order valence-corrected chi connectivity index (χ1v) is 12.8. The third-order valence-electron chi connectivity index (χ3n) is 6.45. The fraction of sp³-hybridized carbons (Fsp3) is 0.296. The quantitative estimate of drug-likeness (QED) is 0.428. The number of benzene rings is 3. The number of rotatable bonds is 6. The maximum atomic E-state index is 13.1. The molecular formula is C27H28ClN3OS. The van der Waals surface area contributed by atoms with Gasteiger partial charge in [-0.3, -0.25) is 9.69 Å². The maximum absolute atomic E-state index is 13.1. The highest BCUT2D eigenvalue weighted by molar-refractivity contribution is 7.99. The smallest absolute Gasteiger partial charge is 0.251 e. The van der Waals surface area contributed by atoms with Crippen molar-refractivity contribution in [2.24, 2.45) is 0 Å². The molecule has 170 valence electrons. The molecule has 1 amide bonds. The highest BCUT2D eigenvalue weighted by Gasteiger charge is 2.33. The number of para-hydroxylation sites is 1. The van der Waals surface area contributed by atoms with Gasteiger partial charge < -0.3 is 10.2 Å². The molecule has 2 heterocycles. The monoisotopic (exact) mass is 477 g/mol. The Bertz CT molecular complexity index is 1160. The van der Waals surface area contributed by atoms with Crippen molar-refractivity contribution in [3.05, 3.63) is 82.9 Å². The van der Waals surface area contributed by atoms with Crippen molar-refractivity contribution in [1.82, 2.24) is 10.2 Å². The second kappa shape index (κ2) is 9.80. The molecule has 1 atom stereocenters. The third kappa shape index (κ3) is 4.50. The lowest BCUT2D eigenvalue weighted by Gasteiger charge is -2.42. The SMILES string of the molecule is CCC(N1CCCC1)N1c2ccccc2Sc2ccc(C(=O)NCc3ccccc3Cl)cc21. The summed E-state index contributed by atoms with van der Waals surface area (Å²) in [4.78, 5) is 20.6. The fourth-order valence-corrected chi connectivity index (χ4v) is 6.06. The summed E-state index contributed by atoms with van der Waals surface area (Å²) in [6.45, 7) is 4.91. The van der Waals surface area contributed by atoms with E-state index in [0.717, 1.165) is 30.8 Å². The van der Waals surface area contributed by atoms with Crippen LogP contribution in [0, 0.1) is 0 Å². The van der Waals surface area contributed by atoms with Crippen LogP contribution in [-0.4, -0.2) is 30.1 Å². The molecule has 1 fully saturated rings. The molecule has 0 bridgehead atoms. The van der Waals surface area contributed by atoms with E-state index in [2.05, 4.69) is 58.4 Å². The van der Waals surface area contributed by atoms with Crippen LogP contribution in [0.15, 0.2) is 76.5 Å². The van der Waals surface area contributed by atoms with Gasteiger partial charge in [0.25, 0.3) is 5.91 Å². The number of likely N-dealkylation sites (tertiary alicyclic amines) is 1. The zero-order chi connectivity index (χ0) is 22.8. The molecule has 2 aliphatic rings. The average molecular weight is 478 g/mol. The molecule has 3 aromatic rings. The second-order valence-corrected chi connectivity index (χ2v) is 10.0. The minimum atomic E-state index is -0.0873. The molecule has 6 heteroatoms. The van der Waals surface area contributed by atoms with Crippen LogP contribution in [0.25, 0.3) is 0 Å². The van der Waals surface area contributed by atoms with Gasteiger partial charge in [0.1, 0.15) is 0 Å². The van der Waals surface area contributed by atoms with E-state index in [0.29, 0.717) is 17.1 Å². The molecule has 1 saturated heterocycles. The van der Waals surface area contributed by atoms with Crippen molar-refractivity contribution in [2.45, 2.75) is 48.7 Å². The first-order valence-electron chi connectivity index (χ1n) is 11.6. The predicted molar refractivity (Wildman–Crippen MR) is 137 cm³/mol. The summed E-state index contributed by atoms with van der Waals surface area (Å²) in [7, 11) is 0. The van der Waals surface area contributed by atoms with Crippen LogP contribution in [0.4, 0.5) is 11.4 Å². The van der Waals surface area contributed by atoms with E-state index >= 15 is 0 Å². The van der Waals surface area contributed by atoms with Gasteiger partial charge in [0.05, 0.1) is 17.5 Å². The van der Waals surface area contributed by atoms with Crippen LogP contribution in [0.2, 0.25) is 5.02 Å². The summed E-state index contributed by atoms with van der Waals surface area (Å²) in [5, 5.41) is 3.70. The molecule has 0 spiro atoms. The van der Waals surface area contributed by atoms with Crippen molar-refractivity contribution in [2.75, 3.05) is 18.0 Å². The van der Waals surface area contributed by atoms with Gasteiger partial charge in [-0.25, -0.2) is 0 Å². The zero-order valence-electron chi connectivity index (χ0n) is 18.8. The Morgan fingerprint density at radius 2 is 1.73 bits per heavy atom. The van der Waals surface area contributed by atoms with E-state index in [4.69, 9.17) is 11.6 Å². The summed E-state index contributed by atoms with van der Waals surface area (Å²) >= 11 is 8.04. The topological polar surface area (TPSA) is 35.6 Å². The lowest BCUT2D eigenvalue weighted by atomic mass is 10.1. The van der Waals surface area contributed by atoms with Crippen molar-refractivity contribution < 1.29 is 4.79 Å². The summed E-state index contributed by atoms with van der Waals surface area (Å²) in [6, 6.07) is 22.3. The van der Waals surface area contributed by atoms with Crippen LogP contribution in [0.5, 0.6) is 0 Å². The molecule has 0 aliphatic carbocycles. The van der Waals surface area contributed by atoms with Gasteiger partial charge in [0.2, 0.25) is 0 Å².